The third-order valence-electron chi connectivity index (χ3n) is 8.29. The molecule has 2 aromatic carbocycles. The summed E-state index contributed by atoms with van der Waals surface area (Å²) < 4.78 is 5.00. The fourth-order valence-corrected chi connectivity index (χ4v) is 6.23. The van der Waals surface area contributed by atoms with Crippen molar-refractivity contribution < 1.29 is 0 Å². The van der Waals surface area contributed by atoms with E-state index in [1.54, 1.807) is 5.56 Å². The molecule has 0 saturated carbocycles. The van der Waals surface area contributed by atoms with E-state index in [2.05, 4.69) is 130 Å². The number of hydrogen-bond donors (Lipinski definition) is 0. The van der Waals surface area contributed by atoms with E-state index in [9.17, 15) is 0 Å². The molecule has 0 amide bonds. The second kappa shape index (κ2) is 13.9. The first-order valence-electron chi connectivity index (χ1n) is 15.4. The standard InChI is InChI=1S/C21H33N.C16H23N.CH4/c1-12(2)10-19-18(9)22(11-13(3)4)21-17(8)15(6)14(5)16(7)20(19)21;1-12(2)9-14-11-17(10-13(3)4)16-8-6-5-7-15(14)16;/h12-13H,10-11H2,1-9H3;5-8,11-13H,9-10H2,1-4H3;1H4. The van der Waals surface area contributed by atoms with Crippen molar-refractivity contribution in [1.29, 1.82) is 0 Å². The van der Waals surface area contributed by atoms with Gasteiger partial charge in [0.25, 0.3) is 0 Å². The van der Waals surface area contributed by atoms with E-state index in [1.165, 1.54) is 68.2 Å². The fourth-order valence-electron chi connectivity index (χ4n) is 6.23. The molecule has 0 N–H and O–H groups in total. The molecule has 2 nitrogen and oxygen atoms in total. The van der Waals surface area contributed by atoms with Crippen LogP contribution in [0.3, 0.4) is 0 Å². The van der Waals surface area contributed by atoms with Crippen LogP contribution in [0.5, 0.6) is 0 Å². The first-order valence-corrected chi connectivity index (χ1v) is 15.4. The van der Waals surface area contributed by atoms with E-state index in [-0.39, 0.29) is 7.43 Å². The van der Waals surface area contributed by atoms with Gasteiger partial charge in [-0.15, -0.1) is 0 Å². The lowest BCUT2D eigenvalue weighted by atomic mass is 9.91. The van der Waals surface area contributed by atoms with Crippen molar-refractivity contribution in [3.05, 3.63) is 69.5 Å². The van der Waals surface area contributed by atoms with Gasteiger partial charge in [-0.25, -0.2) is 0 Å². The molecule has 4 aromatic rings. The van der Waals surface area contributed by atoms with E-state index in [0.717, 1.165) is 13.1 Å². The minimum absolute atomic E-state index is 0. The molecule has 2 heteroatoms. The summed E-state index contributed by atoms with van der Waals surface area (Å²) >= 11 is 0. The normalized spacial score (nSPS) is 11.7. The fraction of sp³-hybridized carbons (Fsp3) is 0.579. The Morgan fingerprint density at radius 3 is 1.73 bits per heavy atom. The van der Waals surface area contributed by atoms with Gasteiger partial charge in [0, 0.05) is 41.3 Å². The lowest BCUT2D eigenvalue weighted by Gasteiger charge is -2.16. The molecule has 0 fully saturated rings. The van der Waals surface area contributed by atoms with Gasteiger partial charge in [-0.2, -0.15) is 0 Å². The minimum atomic E-state index is 0. The largest absolute Gasteiger partial charge is 0.347 e. The SMILES string of the molecule is C.CC(C)Cc1cn(CC(C)C)c2ccccc12.Cc1c(C)c(C)c2c(c1C)c(CC(C)C)c(C)n2CC(C)C. The highest BCUT2D eigenvalue weighted by atomic mass is 15.0. The number of aryl methyl sites for hydroxylation is 2. The topological polar surface area (TPSA) is 9.86 Å². The smallest absolute Gasteiger partial charge is 0.0520 e. The maximum absolute atomic E-state index is 2.59. The Labute approximate surface area is 247 Å². The van der Waals surface area contributed by atoms with Crippen molar-refractivity contribution in [2.75, 3.05) is 0 Å². The summed E-state index contributed by atoms with van der Waals surface area (Å²) in [6, 6.07) is 8.77. The van der Waals surface area contributed by atoms with Crippen LogP contribution in [0.25, 0.3) is 21.8 Å². The Bertz CT molecular complexity index is 1300. The van der Waals surface area contributed by atoms with Gasteiger partial charge in [0.1, 0.15) is 0 Å². The molecule has 0 spiro atoms. The highest BCUT2D eigenvalue weighted by molar-refractivity contribution is 5.93. The van der Waals surface area contributed by atoms with Gasteiger partial charge < -0.3 is 9.13 Å². The van der Waals surface area contributed by atoms with Crippen molar-refractivity contribution in [2.24, 2.45) is 23.7 Å². The molecule has 0 atom stereocenters. The lowest BCUT2D eigenvalue weighted by molar-refractivity contribution is 0.524. The summed E-state index contributed by atoms with van der Waals surface area (Å²) in [4.78, 5) is 0. The Morgan fingerprint density at radius 2 is 1.18 bits per heavy atom. The van der Waals surface area contributed by atoms with Crippen LogP contribution in [0.4, 0.5) is 0 Å². The van der Waals surface area contributed by atoms with E-state index in [0.29, 0.717) is 23.7 Å². The minimum Gasteiger partial charge on any atom is -0.347 e. The third kappa shape index (κ3) is 7.23. The predicted octanol–water partition coefficient (Wildman–Crippen LogP) is 11.2. The maximum atomic E-state index is 2.59. The molecule has 2 heterocycles. The number of hydrogen-bond acceptors (Lipinski definition) is 0. The van der Waals surface area contributed by atoms with Crippen LogP contribution in [0.2, 0.25) is 0 Å². The molecular formula is C38H60N2. The number of nitrogens with zero attached hydrogens (tertiary/aromatic N) is 2. The monoisotopic (exact) mass is 544 g/mol. The Balaban J connectivity index is 0.000000282. The lowest BCUT2D eigenvalue weighted by Crippen LogP contribution is -2.08. The van der Waals surface area contributed by atoms with Gasteiger partial charge in [0.05, 0.1) is 5.52 Å². The van der Waals surface area contributed by atoms with Crippen molar-refractivity contribution in [3.8, 4) is 0 Å². The zero-order valence-corrected chi connectivity index (χ0v) is 27.4. The van der Waals surface area contributed by atoms with Crippen LogP contribution in [0.15, 0.2) is 30.5 Å². The summed E-state index contributed by atoms with van der Waals surface area (Å²) in [6.07, 6.45) is 4.70. The molecule has 222 valence electrons. The van der Waals surface area contributed by atoms with E-state index in [1.807, 2.05) is 0 Å². The molecule has 4 rings (SSSR count). The van der Waals surface area contributed by atoms with Crippen molar-refractivity contribution >= 4 is 21.8 Å². The number of rotatable bonds is 8. The van der Waals surface area contributed by atoms with Crippen LogP contribution in [0, 0.1) is 58.3 Å². The van der Waals surface area contributed by atoms with Crippen molar-refractivity contribution in [3.63, 3.8) is 0 Å². The zero-order chi connectivity index (χ0) is 29.2. The highest BCUT2D eigenvalue weighted by Gasteiger charge is 2.21. The average Bonchev–Trinajstić information content (AvgIpc) is 3.30. The summed E-state index contributed by atoms with van der Waals surface area (Å²) in [5, 5.41) is 2.97. The third-order valence-corrected chi connectivity index (χ3v) is 8.29. The maximum Gasteiger partial charge on any atom is 0.0520 e. The van der Waals surface area contributed by atoms with Crippen molar-refractivity contribution in [1.82, 2.24) is 9.13 Å². The molecule has 0 aliphatic rings. The van der Waals surface area contributed by atoms with Gasteiger partial charge >= 0.3 is 0 Å². The highest BCUT2D eigenvalue weighted by Crippen LogP contribution is 2.37. The molecule has 0 radical (unpaired) electrons. The Kier molecular flexibility index (Phi) is 11.7. The van der Waals surface area contributed by atoms with E-state index >= 15 is 0 Å². The number of benzene rings is 2. The van der Waals surface area contributed by atoms with Crippen LogP contribution in [-0.2, 0) is 25.9 Å². The first kappa shape index (κ1) is 33.7. The van der Waals surface area contributed by atoms with E-state index in [4.69, 9.17) is 0 Å². The summed E-state index contributed by atoms with van der Waals surface area (Å²) in [7, 11) is 0. The van der Waals surface area contributed by atoms with Crippen LogP contribution in [0.1, 0.15) is 102 Å². The molecule has 0 bridgehead atoms. The Hall–Kier alpha value is -2.48. The van der Waals surface area contributed by atoms with Gasteiger partial charge in [0.2, 0.25) is 0 Å². The molecule has 0 aliphatic carbocycles. The molecular weight excluding hydrogens is 484 g/mol. The molecule has 0 saturated heterocycles. The predicted molar refractivity (Wildman–Crippen MR) is 181 cm³/mol. The van der Waals surface area contributed by atoms with Gasteiger partial charge in [0.15, 0.2) is 0 Å². The molecule has 0 aliphatic heterocycles. The van der Waals surface area contributed by atoms with Gasteiger partial charge in [-0.3, -0.25) is 0 Å². The summed E-state index contributed by atoms with van der Waals surface area (Å²) in [5.74, 6) is 2.77. The number of fused-ring (bicyclic) bond motifs is 2. The Morgan fingerprint density at radius 1 is 0.625 bits per heavy atom. The summed E-state index contributed by atoms with van der Waals surface area (Å²) in [6.45, 7) is 32.1. The van der Waals surface area contributed by atoms with Gasteiger partial charge in [-0.05, 0) is 111 Å². The summed E-state index contributed by atoms with van der Waals surface area (Å²) in [5.41, 5.74) is 13.3. The van der Waals surface area contributed by atoms with Crippen LogP contribution < -0.4 is 0 Å². The van der Waals surface area contributed by atoms with Crippen LogP contribution >= 0.6 is 0 Å². The van der Waals surface area contributed by atoms with Crippen molar-refractivity contribution in [2.45, 2.75) is 123 Å². The first-order chi connectivity index (χ1) is 18.2. The molecule has 40 heavy (non-hydrogen) atoms. The second-order valence-electron chi connectivity index (χ2n) is 13.7. The molecule has 0 unspecified atom stereocenters. The van der Waals surface area contributed by atoms with E-state index < -0.39 is 0 Å². The quantitative estimate of drug-likeness (QED) is 0.209. The number of para-hydroxylation sites is 1. The average molecular weight is 545 g/mol. The van der Waals surface area contributed by atoms with Crippen LogP contribution in [-0.4, -0.2) is 9.13 Å². The zero-order valence-electron chi connectivity index (χ0n) is 27.4. The molecule has 2 aromatic heterocycles. The number of aromatic nitrogens is 2. The second-order valence-corrected chi connectivity index (χ2v) is 13.7. The van der Waals surface area contributed by atoms with Gasteiger partial charge in [-0.1, -0.05) is 81.0 Å².